The van der Waals surface area contributed by atoms with Crippen molar-refractivity contribution in [2.75, 3.05) is 7.11 Å². The third kappa shape index (κ3) is 3.13. The van der Waals surface area contributed by atoms with Crippen molar-refractivity contribution < 1.29 is 9.84 Å². The maximum atomic E-state index is 9.78. The number of phenolic OH excluding ortho intramolecular Hbond substituents is 1. The summed E-state index contributed by atoms with van der Waals surface area (Å²) in [5.74, 6) is 0.884. The van der Waals surface area contributed by atoms with Gasteiger partial charge < -0.3 is 9.84 Å². The van der Waals surface area contributed by atoms with Crippen LogP contribution in [0.15, 0.2) is 41.4 Å². The van der Waals surface area contributed by atoms with Gasteiger partial charge in [-0.1, -0.05) is 17.7 Å². The second-order valence-corrected chi connectivity index (χ2v) is 4.47. The van der Waals surface area contributed by atoms with Gasteiger partial charge in [-0.15, -0.1) is 0 Å². The lowest BCUT2D eigenvalue weighted by molar-refractivity contribution is 0.412. The number of ether oxygens (including phenoxy) is 1. The zero-order chi connectivity index (χ0) is 13.8. The zero-order valence-electron chi connectivity index (χ0n) is 11.3. The summed E-state index contributed by atoms with van der Waals surface area (Å²) in [4.78, 5) is 4.41. The smallest absolute Gasteiger partial charge is 0.124 e. The zero-order valence-corrected chi connectivity index (χ0v) is 11.3. The highest BCUT2D eigenvalue weighted by Crippen LogP contribution is 2.23. The monoisotopic (exact) mass is 255 g/mol. The van der Waals surface area contributed by atoms with E-state index in [2.05, 4.69) is 11.1 Å². The number of hydrogen-bond acceptors (Lipinski definition) is 3. The molecule has 0 fully saturated rings. The summed E-state index contributed by atoms with van der Waals surface area (Å²) in [6.45, 7) is 4.07. The van der Waals surface area contributed by atoms with E-state index in [4.69, 9.17) is 4.74 Å². The molecule has 98 valence electrons. The predicted molar refractivity (Wildman–Crippen MR) is 77.8 cm³/mol. The van der Waals surface area contributed by atoms with Gasteiger partial charge in [-0.25, -0.2) is 0 Å². The lowest BCUT2D eigenvalue weighted by Gasteiger charge is -2.04. The molecule has 0 aliphatic rings. The Morgan fingerprint density at radius 2 is 1.89 bits per heavy atom. The lowest BCUT2D eigenvalue weighted by Crippen LogP contribution is -1.87. The molecule has 0 bridgehead atoms. The van der Waals surface area contributed by atoms with Crippen LogP contribution >= 0.6 is 0 Å². The molecule has 3 nitrogen and oxygen atoms in total. The number of hydrogen-bond donors (Lipinski definition) is 1. The molecular weight excluding hydrogens is 238 g/mol. The summed E-state index contributed by atoms with van der Waals surface area (Å²) in [7, 11) is 1.59. The van der Waals surface area contributed by atoms with Gasteiger partial charge in [0, 0.05) is 11.8 Å². The number of methoxy groups -OCH3 is 1. The Bertz CT molecular complexity index is 618. The van der Waals surface area contributed by atoms with E-state index in [1.165, 1.54) is 5.56 Å². The van der Waals surface area contributed by atoms with Crippen LogP contribution in [0.25, 0.3) is 0 Å². The van der Waals surface area contributed by atoms with Gasteiger partial charge in [-0.2, -0.15) is 0 Å². The highest BCUT2D eigenvalue weighted by Gasteiger charge is 2.01. The Balaban J connectivity index is 2.32. The number of rotatable bonds is 3. The molecule has 0 heterocycles. The van der Waals surface area contributed by atoms with Gasteiger partial charge in [0.15, 0.2) is 0 Å². The van der Waals surface area contributed by atoms with Gasteiger partial charge in [0.05, 0.1) is 12.8 Å². The maximum absolute atomic E-state index is 9.78. The van der Waals surface area contributed by atoms with Gasteiger partial charge in [-0.3, -0.25) is 4.99 Å². The Hall–Kier alpha value is -2.29. The first kappa shape index (κ1) is 13.1. The first-order valence-corrected chi connectivity index (χ1v) is 6.08. The van der Waals surface area contributed by atoms with Crippen LogP contribution in [0, 0.1) is 13.8 Å². The lowest BCUT2D eigenvalue weighted by atomic mass is 10.1. The predicted octanol–water partition coefficient (Wildman–Crippen LogP) is 3.77. The molecule has 2 aromatic rings. The molecule has 0 radical (unpaired) electrons. The summed E-state index contributed by atoms with van der Waals surface area (Å²) in [5.41, 5.74) is 3.85. The number of aliphatic imine (C=N–C) groups is 1. The molecule has 0 aromatic heterocycles. The first-order chi connectivity index (χ1) is 9.10. The van der Waals surface area contributed by atoms with E-state index in [1.807, 2.05) is 26.0 Å². The van der Waals surface area contributed by atoms with E-state index < -0.39 is 0 Å². The molecule has 0 atom stereocenters. The van der Waals surface area contributed by atoms with E-state index in [-0.39, 0.29) is 5.75 Å². The fraction of sp³-hybridized carbons (Fsp3) is 0.188. The van der Waals surface area contributed by atoms with Crippen LogP contribution in [0.5, 0.6) is 11.5 Å². The van der Waals surface area contributed by atoms with Crippen LogP contribution in [0.4, 0.5) is 5.69 Å². The first-order valence-electron chi connectivity index (χ1n) is 6.08. The highest BCUT2D eigenvalue weighted by molar-refractivity contribution is 5.86. The number of benzene rings is 2. The Morgan fingerprint density at radius 1 is 1.11 bits per heavy atom. The van der Waals surface area contributed by atoms with E-state index in [0.717, 1.165) is 11.3 Å². The normalized spacial score (nSPS) is 10.9. The molecule has 0 aliphatic carbocycles. The fourth-order valence-electron chi connectivity index (χ4n) is 1.85. The SMILES string of the molecule is COc1ccc(O)c(C=Nc2ccc(C)cc2C)c1. The number of phenols is 1. The Labute approximate surface area is 113 Å². The minimum absolute atomic E-state index is 0.189. The number of nitrogens with zero attached hydrogens (tertiary/aromatic N) is 1. The Morgan fingerprint density at radius 3 is 2.58 bits per heavy atom. The van der Waals surface area contributed by atoms with Gasteiger partial charge in [-0.05, 0) is 43.7 Å². The van der Waals surface area contributed by atoms with Crippen molar-refractivity contribution in [2.24, 2.45) is 4.99 Å². The van der Waals surface area contributed by atoms with Crippen LogP contribution in [0.2, 0.25) is 0 Å². The molecule has 0 aliphatic heterocycles. The molecular formula is C16H17NO2. The average molecular weight is 255 g/mol. The van der Waals surface area contributed by atoms with Crippen molar-refractivity contribution in [1.82, 2.24) is 0 Å². The minimum Gasteiger partial charge on any atom is -0.507 e. The molecule has 2 rings (SSSR count). The highest BCUT2D eigenvalue weighted by atomic mass is 16.5. The third-order valence-corrected chi connectivity index (χ3v) is 2.93. The van der Waals surface area contributed by atoms with Crippen molar-refractivity contribution in [2.45, 2.75) is 13.8 Å². The third-order valence-electron chi connectivity index (χ3n) is 2.93. The molecule has 2 aromatic carbocycles. The summed E-state index contributed by atoms with van der Waals surface area (Å²) >= 11 is 0. The van der Waals surface area contributed by atoms with Crippen LogP contribution in [-0.4, -0.2) is 18.4 Å². The summed E-state index contributed by atoms with van der Waals surface area (Å²) < 4.78 is 5.13. The largest absolute Gasteiger partial charge is 0.507 e. The van der Waals surface area contributed by atoms with Gasteiger partial charge in [0.25, 0.3) is 0 Å². The van der Waals surface area contributed by atoms with E-state index in [0.29, 0.717) is 11.3 Å². The maximum Gasteiger partial charge on any atom is 0.124 e. The van der Waals surface area contributed by atoms with E-state index >= 15 is 0 Å². The topological polar surface area (TPSA) is 41.8 Å². The van der Waals surface area contributed by atoms with E-state index in [1.54, 1.807) is 31.5 Å². The summed E-state index contributed by atoms with van der Waals surface area (Å²) in [6.07, 6.45) is 1.65. The Kier molecular flexibility index (Phi) is 3.85. The quantitative estimate of drug-likeness (QED) is 0.848. The van der Waals surface area contributed by atoms with Gasteiger partial charge in [0.2, 0.25) is 0 Å². The molecule has 0 saturated carbocycles. The molecule has 0 saturated heterocycles. The van der Waals surface area contributed by atoms with Crippen molar-refractivity contribution >= 4 is 11.9 Å². The van der Waals surface area contributed by atoms with Crippen LogP contribution in [0.3, 0.4) is 0 Å². The molecule has 0 unspecified atom stereocenters. The van der Waals surface area contributed by atoms with Crippen molar-refractivity contribution in [3.05, 3.63) is 53.1 Å². The van der Waals surface area contributed by atoms with Crippen molar-refractivity contribution in [3.8, 4) is 11.5 Å². The second kappa shape index (κ2) is 5.57. The molecule has 3 heteroatoms. The van der Waals surface area contributed by atoms with Crippen LogP contribution in [0.1, 0.15) is 16.7 Å². The number of aryl methyl sites for hydroxylation is 2. The summed E-state index contributed by atoms with van der Waals surface area (Å²) in [6, 6.07) is 11.1. The number of aromatic hydroxyl groups is 1. The van der Waals surface area contributed by atoms with Crippen LogP contribution in [-0.2, 0) is 0 Å². The standard InChI is InChI=1S/C16H17NO2/c1-11-4-6-15(12(2)8-11)17-10-13-9-14(19-3)5-7-16(13)18/h4-10,18H,1-3H3. The summed E-state index contributed by atoms with van der Waals surface area (Å²) in [5, 5.41) is 9.78. The minimum atomic E-state index is 0.189. The molecule has 0 spiro atoms. The average Bonchev–Trinajstić information content (AvgIpc) is 2.39. The second-order valence-electron chi connectivity index (χ2n) is 4.47. The van der Waals surface area contributed by atoms with E-state index in [9.17, 15) is 5.11 Å². The molecule has 1 N–H and O–H groups in total. The van der Waals surface area contributed by atoms with Crippen LogP contribution < -0.4 is 4.74 Å². The van der Waals surface area contributed by atoms with Crippen molar-refractivity contribution in [1.29, 1.82) is 0 Å². The van der Waals surface area contributed by atoms with Gasteiger partial charge >= 0.3 is 0 Å². The molecule has 0 amide bonds. The fourth-order valence-corrected chi connectivity index (χ4v) is 1.85. The molecule has 19 heavy (non-hydrogen) atoms. The van der Waals surface area contributed by atoms with Crippen molar-refractivity contribution in [3.63, 3.8) is 0 Å². The van der Waals surface area contributed by atoms with Gasteiger partial charge in [0.1, 0.15) is 11.5 Å².